The van der Waals surface area contributed by atoms with E-state index < -0.39 is 22.8 Å². The molecule has 0 spiro atoms. The summed E-state index contributed by atoms with van der Waals surface area (Å²) in [6.07, 6.45) is 7.04. The SMILES string of the molecule is N#CCC1(n2cc(-c3nc(Nc4ccc(C(=O)NCCCCOc5ccc(N6CCC(=O)NC6=O)cc5)cc4)nc4[nH]ccc34)cn2)CN(S(=O)O)C1. The van der Waals surface area contributed by atoms with E-state index in [9.17, 15) is 28.4 Å². The van der Waals surface area contributed by atoms with Crippen LogP contribution in [-0.2, 0) is 21.6 Å². The predicted molar refractivity (Wildman–Crippen MR) is 194 cm³/mol. The lowest BCUT2D eigenvalue weighted by Gasteiger charge is -2.46. The molecule has 0 aliphatic carbocycles. The summed E-state index contributed by atoms with van der Waals surface area (Å²) in [5.74, 6) is 0.508. The molecule has 0 saturated carbocycles. The zero-order valence-corrected chi connectivity index (χ0v) is 29.1. The van der Waals surface area contributed by atoms with E-state index in [1.165, 1.54) is 9.21 Å². The smallest absolute Gasteiger partial charge is 0.328 e. The van der Waals surface area contributed by atoms with Crippen molar-refractivity contribution in [2.24, 2.45) is 0 Å². The highest BCUT2D eigenvalue weighted by atomic mass is 32.2. The zero-order chi connectivity index (χ0) is 37.0. The second kappa shape index (κ2) is 15.2. The van der Waals surface area contributed by atoms with Crippen LogP contribution in [0.15, 0.2) is 73.2 Å². The molecule has 3 aromatic heterocycles. The number of carbonyl (C=O) groups is 3. The van der Waals surface area contributed by atoms with Crippen molar-refractivity contribution in [1.82, 2.24) is 39.7 Å². The number of nitrogens with zero attached hydrogens (tertiary/aromatic N) is 7. The molecular weight excluding hydrogens is 703 g/mol. The van der Waals surface area contributed by atoms with E-state index in [1.807, 2.05) is 6.07 Å². The van der Waals surface area contributed by atoms with Gasteiger partial charge in [-0.1, -0.05) is 0 Å². The lowest BCUT2D eigenvalue weighted by Crippen LogP contribution is -2.62. The minimum absolute atomic E-state index is 0.132. The Bertz CT molecular complexity index is 2210. The Kier molecular flexibility index (Phi) is 10.1. The molecule has 0 radical (unpaired) electrons. The van der Waals surface area contributed by atoms with Crippen LogP contribution in [0.4, 0.5) is 22.1 Å². The van der Waals surface area contributed by atoms with E-state index in [4.69, 9.17) is 9.72 Å². The summed E-state index contributed by atoms with van der Waals surface area (Å²) in [6, 6.07) is 17.7. The van der Waals surface area contributed by atoms with Crippen molar-refractivity contribution in [3.05, 3.63) is 78.8 Å². The second-order valence-corrected chi connectivity index (χ2v) is 13.6. The summed E-state index contributed by atoms with van der Waals surface area (Å²) in [7, 11) is 0. The minimum atomic E-state index is -2.12. The van der Waals surface area contributed by atoms with Crippen molar-refractivity contribution >= 4 is 57.5 Å². The number of hydrogen-bond acceptors (Lipinski definition) is 10. The fourth-order valence-electron chi connectivity index (χ4n) is 6.22. The number of anilines is 3. The van der Waals surface area contributed by atoms with Gasteiger partial charge in [-0.05, 0) is 67.4 Å². The van der Waals surface area contributed by atoms with Crippen LogP contribution < -0.4 is 25.6 Å². The largest absolute Gasteiger partial charge is 0.494 e. The molecule has 2 aliphatic rings. The molecule has 5 aromatic rings. The topological polar surface area (TPSA) is 223 Å². The number of benzene rings is 2. The third kappa shape index (κ3) is 7.72. The molecule has 272 valence electrons. The summed E-state index contributed by atoms with van der Waals surface area (Å²) in [4.78, 5) is 50.2. The molecule has 0 bridgehead atoms. The van der Waals surface area contributed by atoms with Gasteiger partial charge in [-0.25, -0.2) is 14.0 Å². The van der Waals surface area contributed by atoms with E-state index in [1.54, 1.807) is 71.8 Å². The van der Waals surface area contributed by atoms with E-state index in [0.717, 1.165) is 11.8 Å². The highest BCUT2D eigenvalue weighted by Crippen LogP contribution is 2.35. The molecule has 7 rings (SSSR count). The Hall–Kier alpha value is -6.16. The van der Waals surface area contributed by atoms with E-state index in [0.29, 0.717) is 71.7 Å². The van der Waals surface area contributed by atoms with Gasteiger partial charge in [0, 0.05) is 72.9 Å². The maximum Gasteiger partial charge on any atom is 0.328 e. The number of aromatic amines is 1. The monoisotopic (exact) mass is 737 g/mol. The number of nitriles is 1. The number of H-pyrrole nitrogens is 1. The van der Waals surface area contributed by atoms with Gasteiger partial charge >= 0.3 is 6.03 Å². The molecule has 2 aromatic carbocycles. The third-order valence-electron chi connectivity index (χ3n) is 9.06. The van der Waals surface area contributed by atoms with Gasteiger partial charge in [0.05, 0.1) is 31.0 Å². The lowest BCUT2D eigenvalue weighted by atomic mass is 9.89. The van der Waals surface area contributed by atoms with Crippen molar-refractivity contribution < 1.29 is 27.9 Å². The van der Waals surface area contributed by atoms with Gasteiger partial charge in [0.1, 0.15) is 16.9 Å². The molecule has 1 atom stereocenters. The van der Waals surface area contributed by atoms with Gasteiger partial charge in [-0.2, -0.15) is 19.6 Å². The standard InChI is InChI=1S/C35H35N11O6S/c36-14-13-35(21-44(22-35)53(50)51)46-20-24(19-39-46)30-28-11-16-37-31(28)43-33(42-30)40-25-5-3-23(4-6-25)32(48)38-15-1-2-18-52-27-9-7-26(8-10-27)45-17-12-29(47)41-34(45)49/h3-11,16,19-20H,1-2,12-13,15,17-18,21-22H2,(H,38,48)(H,50,51)(H,41,47,49)(H2,37,40,42,43). The van der Waals surface area contributed by atoms with Crippen molar-refractivity contribution in [1.29, 1.82) is 5.26 Å². The molecule has 4 amide bonds. The summed E-state index contributed by atoms with van der Waals surface area (Å²) >= 11 is -2.12. The first-order chi connectivity index (χ1) is 25.7. The highest BCUT2D eigenvalue weighted by molar-refractivity contribution is 7.76. The average Bonchev–Trinajstić information content (AvgIpc) is 3.82. The van der Waals surface area contributed by atoms with Crippen LogP contribution in [0.5, 0.6) is 5.75 Å². The van der Waals surface area contributed by atoms with E-state index >= 15 is 0 Å². The first-order valence-electron chi connectivity index (χ1n) is 16.8. The molecule has 53 heavy (non-hydrogen) atoms. The maximum absolute atomic E-state index is 12.8. The maximum atomic E-state index is 12.8. The van der Waals surface area contributed by atoms with Gasteiger partial charge in [0.15, 0.2) is 0 Å². The summed E-state index contributed by atoms with van der Waals surface area (Å²) in [6.45, 7) is 1.71. The Labute approximate surface area is 305 Å². The van der Waals surface area contributed by atoms with Crippen LogP contribution in [0.1, 0.15) is 36.0 Å². The van der Waals surface area contributed by atoms with E-state index in [2.05, 4.69) is 37.1 Å². The molecular formula is C35H35N11O6S. The quantitative estimate of drug-likeness (QED) is 0.0817. The highest BCUT2D eigenvalue weighted by Gasteiger charge is 2.48. The van der Waals surface area contributed by atoms with Crippen LogP contribution in [0.2, 0.25) is 0 Å². The fraction of sp³-hybridized carbons (Fsp3) is 0.286. The number of amides is 4. The molecule has 2 aliphatic heterocycles. The molecule has 5 heterocycles. The van der Waals surface area contributed by atoms with Crippen LogP contribution in [0.3, 0.4) is 0 Å². The van der Waals surface area contributed by atoms with Crippen molar-refractivity contribution in [2.45, 2.75) is 31.2 Å². The molecule has 2 saturated heterocycles. The molecule has 17 nitrogen and oxygen atoms in total. The number of nitrogens with one attached hydrogen (secondary N) is 4. The van der Waals surface area contributed by atoms with Gasteiger partial charge in [-0.15, -0.1) is 0 Å². The number of ether oxygens (including phenoxy) is 1. The Morgan fingerprint density at radius 1 is 1.08 bits per heavy atom. The van der Waals surface area contributed by atoms with Crippen LogP contribution in [0.25, 0.3) is 22.3 Å². The number of urea groups is 1. The Morgan fingerprint density at radius 3 is 2.60 bits per heavy atom. The Morgan fingerprint density at radius 2 is 1.87 bits per heavy atom. The van der Waals surface area contributed by atoms with Gasteiger partial charge < -0.3 is 20.4 Å². The number of rotatable bonds is 14. The van der Waals surface area contributed by atoms with Gasteiger partial charge in [-0.3, -0.25) is 29.0 Å². The molecule has 5 N–H and O–H groups in total. The van der Waals surface area contributed by atoms with Crippen molar-refractivity contribution in [3.8, 4) is 23.1 Å². The van der Waals surface area contributed by atoms with E-state index in [-0.39, 0.29) is 37.7 Å². The first kappa shape index (κ1) is 35.3. The molecule has 2 fully saturated rings. The average molecular weight is 738 g/mol. The van der Waals surface area contributed by atoms with Crippen LogP contribution >= 0.6 is 0 Å². The number of fused-ring (bicyclic) bond motifs is 1. The number of hydrogen-bond donors (Lipinski definition) is 5. The summed E-state index contributed by atoms with van der Waals surface area (Å²) in [5.41, 5.74) is 3.05. The molecule has 1 unspecified atom stereocenters. The van der Waals surface area contributed by atoms with Gasteiger partial charge in [0.2, 0.25) is 23.1 Å². The van der Waals surface area contributed by atoms with Gasteiger partial charge in [0.25, 0.3) is 5.91 Å². The Balaban J connectivity index is 0.898. The first-order valence-corrected chi connectivity index (χ1v) is 17.9. The number of imide groups is 1. The lowest BCUT2D eigenvalue weighted by molar-refractivity contribution is -0.120. The van der Waals surface area contributed by atoms with Crippen molar-refractivity contribution in [3.63, 3.8) is 0 Å². The van der Waals surface area contributed by atoms with Crippen LogP contribution in [0, 0.1) is 11.3 Å². The predicted octanol–water partition coefficient (Wildman–Crippen LogP) is 3.66. The molecule has 18 heteroatoms. The summed E-state index contributed by atoms with van der Waals surface area (Å²) < 4.78 is 29.8. The third-order valence-corrected chi connectivity index (χ3v) is 9.76. The number of carbonyl (C=O) groups excluding carboxylic acids is 3. The number of aromatic nitrogens is 5. The second-order valence-electron chi connectivity index (χ2n) is 12.7. The minimum Gasteiger partial charge on any atom is -0.494 e. The summed E-state index contributed by atoms with van der Waals surface area (Å²) in [5, 5.41) is 23.2. The van der Waals surface area contributed by atoms with Crippen LogP contribution in [-0.4, -0.2) is 88.4 Å². The number of unbranched alkanes of at least 4 members (excludes halogenated alkanes) is 1. The normalized spacial score (nSPS) is 16.0. The fourth-order valence-corrected chi connectivity index (χ4v) is 6.92. The van der Waals surface area contributed by atoms with Crippen molar-refractivity contribution in [2.75, 3.05) is 43.0 Å². The zero-order valence-electron chi connectivity index (χ0n) is 28.3.